The van der Waals surface area contributed by atoms with Crippen LogP contribution in [-0.2, 0) is 11.2 Å². The summed E-state index contributed by atoms with van der Waals surface area (Å²) in [5.41, 5.74) is 0.715. The molecule has 1 N–H and O–H groups in total. The summed E-state index contributed by atoms with van der Waals surface area (Å²) < 4.78 is 4.61. The largest absolute Gasteiger partial charge is 0.463 e. The van der Waals surface area contributed by atoms with Crippen molar-refractivity contribution in [1.29, 1.82) is 0 Å². The summed E-state index contributed by atoms with van der Waals surface area (Å²) in [5.74, 6) is 0.148. The van der Waals surface area contributed by atoms with E-state index in [4.69, 9.17) is 0 Å². The van der Waals surface area contributed by atoms with Crippen LogP contribution in [0.4, 0.5) is 5.82 Å². The number of nitrogens with zero attached hydrogens (tertiary/aromatic N) is 3. The number of carbonyl (C=O) groups is 1. The molecule has 0 radical (unpaired) electrons. The average molecular weight is 278 g/mol. The van der Waals surface area contributed by atoms with E-state index in [2.05, 4.69) is 25.0 Å². The van der Waals surface area contributed by atoms with E-state index in [-0.39, 0.29) is 5.82 Å². The molecule has 2 aromatic heterocycles. The van der Waals surface area contributed by atoms with Gasteiger partial charge < -0.3 is 10.1 Å². The second-order valence-corrected chi connectivity index (χ2v) is 4.79. The number of ether oxygens (including phenoxy) is 1. The summed E-state index contributed by atoms with van der Waals surface area (Å²) in [5, 5.41) is 6.16. The van der Waals surface area contributed by atoms with Gasteiger partial charge in [0.15, 0.2) is 0 Å². The maximum atomic E-state index is 11.4. The Morgan fingerprint density at radius 1 is 1.47 bits per heavy atom. The first-order valence-corrected chi connectivity index (χ1v) is 6.63. The molecule has 2 rings (SSSR count). The number of aryl methyl sites for hydroxylation is 1. The highest BCUT2D eigenvalue weighted by molar-refractivity contribution is 7.09. The minimum absolute atomic E-state index is 0.0687. The van der Waals surface area contributed by atoms with Crippen molar-refractivity contribution in [3.05, 3.63) is 34.2 Å². The maximum absolute atomic E-state index is 11.4. The Morgan fingerprint density at radius 3 is 3.00 bits per heavy atom. The summed E-state index contributed by atoms with van der Waals surface area (Å²) in [6.45, 7) is 2.50. The monoisotopic (exact) mass is 278 g/mol. The molecule has 0 amide bonds. The summed E-state index contributed by atoms with van der Waals surface area (Å²) in [7, 11) is 1.31. The molecule has 100 valence electrons. The highest BCUT2D eigenvalue weighted by atomic mass is 32.1. The standard InChI is InChI=1S/C12H14N4O2S/c1-8-7-9(16-11(15-8)12(17)18-2)13-4-3-10-14-5-6-19-10/h5-7H,3-4H2,1-2H3,(H,13,15,16). The summed E-state index contributed by atoms with van der Waals surface area (Å²) in [6, 6.07) is 1.79. The minimum atomic E-state index is -0.535. The molecule has 0 fully saturated rings. The molecule has 0 bridgehead atoms. The molecule has 0 aromatic carbocycles. The Balaban J connectivity index is 1.99. The third-order valence-corrected chi connectivity index (χ3v) is 3.19. The van der Waals surface area contributed by atoms with Crippen LogP contribution in [-0.4, -0.2) is 34.6 Å². The van der Waals surface area contributed by atoms with E-state index in [1.807, 2.05) is 5.38 Å². The SMILES string of the molecule is COC(=O)c1nc(C)cc(NCCc2nccs2)n1. The van der Waals surface area contributed by atoms with E-state index in [1.54, 1.807) is 30.5 Å². The van der Waals surface area contributed by atoms with E-state index in [1.165, 1.54) is 7.11 Å². The normalized spacial score (nSPS) is 10.2. The summed E-state index contributed by atoms with van der Waals surface area (Å²) in [4.78, 5) is 23.7. The molecule has 7 heteroatoms. The number of anilines is 1. The smallest absolute Gasteiger partial charge is 0.376 e. The maximum Gasteiger partial charge on any atom is 0.376 e. The Morgan fingerprint density at radius 2 is 2.32 bits per heavy atom. The Bertz CT molecular complexity index is 557. The van der Waals surface area contributed by atoms with Crippen molar-refractivity contribution in [2.75, 3.05) is 19.0 Å². The van der Waals surface area contributed by atoms with Gasteiger partial charge in [0.25, 0.3) is 0 Å². The van der Waals surface area contributed by atoms with E-state index in [0.717, 1.165) is 11.4 Å². The molecule has 2 heterocycles. The van der Waals surface area contributed by atoms with Crippen LogP contribution in [0, 0.1) is 6.92 Å². The number of hydrogen-bond acceptors (Lipinski definition) is 7. The molecule has 0 unspecified atom stereocenters. The van der Waals surface area contributed by atoms with Crippen LogP contribution in [0.15, 0.2) is 17.6 Å². The third kappa shape index (κ3) is 3.72. The van der Waals surface area contributed by atoms with E-state index < -0.39 is 5.97 Å². The van der Waals surface area contributed by atoms with Gasteiger partial charge in [0, 0.05) is 36.3 Å². The van der Waals surface area contributed by atoms with E-state index >= 15 is 0 Å². The van der Waals surface area contributed by atoms with Crippen molar-refractivity contribution in [3.8, 4) is 0 Å². The van der Waals surface area contributed by atoms with Gasteiger partial charge in [0.1, 0.15) is 5.82 Å². The van der Waals surface area contributed by atoms with Gasteiger partial charge in [-0.15, -0.1) is 11.3 Å². The first-order valence-electron chi connectivity index (χ1n) is 5.75. The van der Waals surface area contributed by atoms with E-state index in [0.29, 0.717) is 18.1 Å². The highest BCUT2D eigenvalue weighted by Gasteiger charge is 2.11. The van der Waals surface area contributed by atoms with Crippen LogP contribution in [0.25, 0.3) is 0 Å². The zero-order valence-corrected chi connectivity index (χ0v) is 11.5. The Hall–Kier alpha value is -2.02. The molecule has 0 aliphatic carbocycles. The lowest BCUT2D eigenvalue weighted by Crippen LogP contribution is -2.12. The van der Waals surface area contributed by atoms with Gasteiger partial charge in [-0.1, -0.05) is 0 Å². The molecule has 0 saturated carbocycles. The first-order chi connectivity index (χ1) is 9.19. The lowest BCUT2D eigenvalue weighted by Gasteiger charge is -2.06. The Labute approximate surface area is 114 Å². The average Bonchev–Trinajstić information content (AvgIpc) is 2.90. The first kappa shape index (κ1) is 13.4. The van der Waals surface area contributed by atoms with Gasteiger partial charge in [0.2, 0.25) is 5.82 Å². The molecule has 19 heavy (non-hydrogen) atoms. The zero-order valence-electron chi connectivity index (χ0n) is 10.7. The summed E-state index contributed by atoms with van der Waals surface area (Å²) >= 11 is 1.61. The van der Waals surface area contributed by atoms with Crippen LogP contribution >= 0.6 is 11.3 Å². The van der Waals surface area contributed by atoms with Gasteiger partial charge >= 0.3 is 5.97 Å². The topological polar surface area (TPSA) is 77.0 Å². The lowest BCUT2D eigenvalue weighted by molar-refractivity contribution is 0.0586. The van der Waals surface area contributed by atoms with Crippen LogP contribution in [0.1, 0.15) is 21.3 Å². The molecule has 0 aliphatic heterocycles. The Kier molecular flexibility index (Phi) is 4.40. The second kappa shape index (κ2) is 6.24. The molecule has 6 nitrogen and oxygen atoms in total. The number of thiazole rings is 1. The fourth-order valence-corrected chi connectivity index (χ4v) is 2.14. The van der Waals surface area contributed by atoms with Crippen molar-refractivity contribution in [2.24, 2.45) is 0 Å². The number of carbonyl (C=O) groups excluding carboxylic acids is 1. The molecular weight excluding hydrogens is 264 g/mol. The van der Waals surface area contributed by atoms with Gasteiger partial charge in [-0.2, -0.15) is 0 Å². The number of rotatable bonds is 5. The molecule has 0 saturated heterocycles. The van der Waals surface area contributed by atoms with Crippen molar-refractivity contribution in [1.82, 2.24) is 15.0 Å². The van der Waals surface area contributed by atoms with Crippen molar-refractivity contribution in [3.63, 3.8) is 0 Å². The van der Waals surface area contributed by atoms with Crippen molar-refractivity contribution >= 4 is 23.1 Å². The molecule has 0 spiro atoms. The van der Waals surface area contributed by atoms with Crippen molar-refractivity contribution < 1.29 is 9.53 Å². The summed E-state index contributed by atoms with van der Waals surface area (Å²) in [6.07, 6.45) is 2.60. The molecule has 2 aromatic rings. The minimum Gasteiger partial charge on any atom is -0.463 e. The van der Waals surface area contributed by atoms with Gasteiger partial charge in [-0.3, -0.25) is 0 Å². The highest BCUT2D eigenvalue weighted by Crippen LogP contribution is 2.09. The van der Waals surface area contributed by atoms with Crippen LogP contribution in [0.5, 0.6) is 0 Å². The number of methoxy groups -OCH3 is 1. The van der Waals surface area contributed by atoms with Gasteiger partial charge in [0.05, 0.1) is 12.1 Å². The fraction of sp³-hybridized carbons (Fsp3) is 0.333. The van der Waals surface area contributed by atoms with Gasteiger partial charge in [-0.05, 0) is 6.92 Å². The van der Waals surface area contributed by atoms with Crippen LogP contribution in [0.2, 0.25) is 0 Å². The number of hydrogen-bond donors (Lipinski definition) is 1. The van der Waals surface area contributed by atoms with Crippen LogP contribution < -0.4 is 5.32 Å². The lowest BCUT2D eigenvalue weighted by atomic mass is 10.4. The van der Waals surface area contributed by atoms with Crippen molar-refractivity contribution in [2.45, 2.75) is 13.3 Å². The van der Waals surface area contributed by atoms with Gasteiger partial charge in [-0.25, -0.2) is 19.7 Å². The zero-order chi connectivity index (χ0) is 13.7. The number of aromatic nitrogens is 3. The second-order valence-electron chi connectivity index (χ2n) is 3.81. The fourth-order valence-electron chi connectivity index (χ4n) is 1.52. The quantitative estimate of drug-likeness (QED) is 0.839. The van der Waals surface area contributed by atoms with E-state index in [9.17, 15) is 4.79 Å². The number of esters is 1. The third-order valence-electron chi connectivity index (χ3n) is 2.35. The molecular formula is C12H14N4O2S. The predicted molar refractivity (Wildman–Crippen MR) is 72.4 cm³/mol. The molecule has 0 aliphatic rings. The molecule has 0 atom stereocenters. The predicted octanol–water partition coefficient (Wildman–Crippen LogP) is 1.68. The van der Waals surface area contributed by atoms with Crippen LogP contribution in [0.3, 0.4) is 0 Å². The number of nitrogens with one attached hydrogen (secondary N) is 1.